The van der Waals surface area contributed by atoms with Gasteiger partial charge in [-0.25, -0.2) is 4.21 Å². The van der Waals surface area contributed by atoms with Crippen molar-refractivity contribution in [1.29, 1.82) is 0 Å². The lowest BCUT2D eigenvalue weighted by Gasteiger charge is -2.26. The Morgan fingerprint density at radius 1 is 1.13 bits per heavy atom. The number of nitrogens with one attached hydrogen (secondary N) is 1. The molecule has 1 N–H and O–H groups in total. The first-order chi connectivity index (χ1) is 18.3. The van der Waals surface area contributed by atoms with E-state index in [9.17, 15) is 13.8 Å². The Morgan fingerprint density at radius 2 is 1.92 bits per heavy atom. The van der Waals surface area contributed by atoms with Crippen LogP contribution in [0.1, 0.15) is 44.0 Å². The van der Waals surface area contributed by atoms with Gasteiger partial charge in [0.25, 0.3) is 11.8 Å². The predicted octanol–water partition coefficient (Wildman–Crippen LogP) is 3.60. The second kappa shape index (κ2) is 12.6. The molecule has 0 radical (unpaired) electrons. The van der Waals surface area contributed by atoms with Crippen molar-refractivity contribution >= 4 is 27.2 Å². The Hall–Kier alpha value is -3.78. The zero-order valence-electron chi connectivity index (χ0n) is 21.4. The summed E-state index contributed by atoms with van der Waals surface area (Å²) in [5, 5.41) is 2.80. The molecule has 4 rings (SSSR count). The van der Waals surface area contributed by atoms with Crippen LogP contribution in [-0.2, 0) is 14.5 Å². The molecule has 0 unspecified atom stereocenters. The summed E-state index contributed by atoms with van der Waals surface area (Å²) >= 11 is 0. The smallest absolute Gasteiger partial charge is 0.291 e. The van der Waals surface area contributed by atoms with Gasteiger partial charge in [0.1, 0.15) is 0 Å². The minimum absolute atomic E-state index is 0.231. The number of carbonyl (C=O) groups excluding carboxylic acids is 2. The van der Waals surface area contributed by atoms with Crippen molar-refractivity contribution < 1.29 is 23.0 Å². The molecule has 3 aromatic rings. The van der Waals surface area contributed by atoms with Crippen LogP contribution in [-0.4, -0.2) is 70.8 Å². The Balaban J connectivity index is 1.39. The number of carbonyl (C=O) groups is 2. The van der Waals surface area contributed by atoms with Gasteiger partial charge in [-0.15, -0.1) is 0 Å². The molecule has 9 nitrogen and oxygen atoms in total. The van der Waals surface area contributed by atoms with Crippen LogP contribution < -0.4 is 5.32 Å². The monoisotopic (exact) mass is 534 g/mol. The number of aromatic nitrogens is 1. The fraction of sp³-hybridized carbons (Fsp3) is 0.321. The highest BCUT2D eigenvalue weighted by Crippen LogP contribution is 2.15. The minimum atomic E-state index is -2.67. The fourth-order valence-electron chi connectivity index (χ4n) is 3.89. The Labute approximate surface area is 222 Å². The standard InChI is InChI=1S/C28H30N4O5S/c1-21-9-13-37-26(21)28(34)30-25-6-3-5-22(18-25)7-8-23-17-24(20-29-19-23)27(33)31-38(2,35)16-4-10-32-11-14-36-15-12-32/h3,5-6,9,13,17-20H,4,10-12,14-16H2,1-2H3,(H,30,34)/t38-/m1/s1. The van der Waals surface area contributed by atoms with E-state index in [0.717, 1.165) is 25.2 Å². The number of aryl methyl sites for hydroxylation is 1. The van der Waals surface area contributed by atoms with Crippen molar-refractivity contribution in [1.82, 2.24) is 9.88 Å². The highest BCUT2D eigenvalue weighted by atomic mass is 32.2. The second-order valence-electron chi connectivity index (χ2n) is 9.05. The molecule has 2 amide bonds. The highest BCUT2D eigenvalue weighted by Gasteiger charge is 2.14. The van der Waals surface area contributed by atoms with E-state index >= 15 is 0 Å². The molecule has 0 saturated carbocycles. The number of pyridine rings is 1. The predicted molar refractivity (Wildman–Crippen MR) is 146 cm³/mol. The Kier molecular flexibility index (Phi) is 9.07. The number of anilines is 1. The maximum absolute atomic E-state index is 12.9. The number of furan rings is 1. The minimum Gasteiger partial charge on any atom is -0.459 e. The van der Waals surface area contributed by atoms with Gasteiger partial charge in [-0.1, -0.05) is 17.9 Å². The van der Waals surface area contributed by atoms with E-state index in [1.807, 2.05) is 6.07 Å². The third-order valence-corrected chi connectivity index (χ3v) is 7.50. The summed E-state index contributed by atoms with van der Waals surface area (Å²) in [7, 11) is -2.67. The van der Waals surface area contributed by atoms with E-state index in [0.29, 0.717) is 42.2 Å². The third kappa shape index (κ3) is 7.86. The number of morpholine rings is 1. The molecule has 3 heterocycles. The summed E-state index contributed by atoms with van der Waals surface area (Å²) in [5.74, 6) is 5.69. The second-order valence-corrected chi connectivity index (χ2v) is 11.6. The summed E-state index contributed by atoms with van der Waals surface area (Å²) in [6.07, 6.45) is 6.61. The molecule has 1 aliphatic heterocycles. The van der Waals surface area contributed by atoms with Gasteiger partial charge < -0.3 is 14.5 Å². The van der Waals surface area contributed by atoms with E-state index in [4.69, 9.17) is 9.15 Å². The molecular weight excluding hydrogens is 504 g/mol. The average molecular weight is 535 g/mol. The van der Waals surface area contributed by atoms with Crippen LogP contribution in [0.3, 0.4) is 0 Å². The number of nitrogens with zero attached hydrogens (tertiary/aromatic N) is 3. The zero-order chi connectivity index (χ0) is 27.0. The fourth-order valence-corrected chi connectivity index (χ4v) is 5.10. The van der Waals surface area contributed by atoms with Gasteiger partial charge in [0.15, 0.2) is 5.76 Å². The number of hydrogen-bond acceptors (Lipinski definition) is 7. The summed E-state index contributed by atoms with van der Waals surface area (Å²) in [6, 6.07) is 10.4. The average Bonchev–Trinajstić information content (AvgIpc) is 3.34. The molecular formula is C28H30N4O5S. The first-order valence-electron chi connectivity index (χ1n) is 12.3. The van der Waals surface area contributed by atoms with Gasteiger partial charge in [0.2, 0.25) is 0 Å². The summed E-state index contributed by atoms with van der Waals surface area (Å²) < 4.78 is 27.5. The summed E-state index contributed by atoms with van der Waals surface area (Å²) in [5.41, 5.74) is 2.73. The van der Waals surface area contributed by atoms with E-state index in [2.05, 4.69) is 31.4 Å². The normalized spacial score (nSPS) is 15.1. The Bertz CT molecular complexity index is 1490. The van der Waals surface area contributed by atoms with Crippen molar-refractivity contribution in [3.8, 4) is 11.8 Å². The van der Waals surface area contributed by atoms with Crippen LogP contribution in [0.5, 0.6) is 0 Å². The first kappa shape index (κ1) is 27.3. The third-order valence-electron chi connectivity index (χ3n) is 5.90. The van der Waals surface area contributed by atoms with Crippen molar-refractivity contribution in [3.05, 3.63) is 83.1 Å². The van der Waals surface area contributed by atoms with Crippen molar-refractivity contribution in [2.24, 2.45) is 4.36 Å². The van der Waals surface area contributed by atoms with E-state index in [1.54, 1.807) is 43.5 Å². The van der Waals surface area contributed by atoms with Gasteiger partial charge in [-0.05, 0) is 50.2 Å². The van der Waals surface area contributed by atoms with E-state index in [1.165, 1.54) is 18.7 Å². The number of benzene rings is 1. The molecule has 0 bridgehead atoms. The van der Waals surface area contributed by atoms with Crippen LogP contribution in [0.15, 0.2) is 63.8 Å². The van der Waals surface area contributed by atoms with Gasteiger partial charge in [0.05, 0.1) is 34.8 Å². The lowest BCUT2D eigenvalue weighted by molar-refractivity contribution is 0.0381. The number of hydrogen-bond donors (Lipinski definition) is 1. The molecule has 1 aliphatic rings. The zero-order valence-corrected chi connectivity index (χ0v) is 22.3. The van der Waals surface area contributed by atoms with E-state index < -0.39 is 15.6 Å². The van der Waals surface area contributed by atoms with Gasteiger partial charge >= 0.3 is 0 Å². The molecule has 2 aromatic heterocycles. The molecule has 0 spiro atoms. The molecule has 1 atom stereocenters. The van der Waals surface area contributed by atoms with Gasteiger partial charge in [0, 0.05) is 59.9 Å². The highest BCUT2D eigenvalue weighted by molar-refractivity contribution is 7.93. The summed E-state index contributed by atoms with van der Waals surface area (Å²) in [6.45, 7) is 5.76. The number of amides is 2. The molecule has 38 heavy (non-hydrogen) atoms. The molecule has 1 fully saturated rings. The number of ether oxygens (including phenoxy) is 1. The van der Waals surface area contributed by atoms with Crippen LogP contribution >= 0.6 is 0 Å². The lowest BCUT2D eigenvalue weighted by Crippen LogP contribution is -2.37. The first-order valence-corrected chi connectivity index (χ1v) is 14.4. The SMILES string of the molecule is Cc1ccoc1C(=O)Nc1cccc(C#Cc2cncc(C(=O)N=[S@](C)(=O)CCCN3CCOCC3)c2)c1. The molecule has 1 aromatic carbocycles. The van der Waals surface area contributed by atoms with Crippen LogP contribution in [0.2, 0.25) is 0 Å². The van der Waals surface area contributed by atoms with Crippen molar-refractivity contribution in [2.75, 3.05) is 50.2 Å². The van der Waals surface area contributed by atoms with Gasteiger partial charge in [-0.2, -0.15) is 4.36 Å². The van der Waals surface area contributed by atoms with Crippen LogP contribution in [0, 0.1) is 18.8 Å². The molecule has 1 saturated heterocycles. The van der Waals surface area contributed by atoms with Crippen molar-refractivity contribution in [3.63, 3.8) is 0 Å². The quantitative estimate of drug-likeness (QED) is 0.461. The van der Waals surface area contributed by atoms with Crippen molar-refractivity contribution in [2.45, 2.75) is 13.3 Å². The largest absolute Gasteiger partial charge is 0.459 e. The maximum Gasteiger partial charge on any atom is 0.291 e. The summed E-state index contributed by atoms with van der Waals surface area (Å²) in [4.78, 5) is 31.5. The molecule has 198 valence electrons. The Morgan fingerprint density at radius 3 is 2.68 bits per heavy atom. The topological polar surface area (TPSA) is 114 Å². The van der Waals surface area contributed by atoms with Crippen LogP contribution in [0.25, 0.3) is 0 Å². The lowest BCUT2D eigenvalue weighted by atomic mass is 10.1. The van der Waals surface area contributed by atoms with Gasteiger partial charge in [-0.3, -0.25) is 19.5 Å². The molecule has 0 aliphatic carbocycles. The maximum atomic E-state index is 12.9. The van der Waals surface area contributed by atoms with E-state index in [-0.39, 0.29) is 17.2 Å². The van der Waals surface area contributed by atoms with Crippen LogP contribution in [0.4, 0.5) is 5.69 Å². The number of rotatable bonds is 7. The molecule has 10 heteroatoms.